The molecule has 1 aromatic heterocycles. The van der Waals surface area contributed by atoms with Crippen LogP contribution >= 0.6 is 9.24 Å². The first kappa shape index (κ1) is 24.8. The highest BCUT2D eigenvalue weighted by molar-refractivity contribution is 7.17. The topological polar surface area (TPSA) is 76.4 Å². The third kappa shape index (κ3) is 5.64. The lowest BCUT2D eigenvalue weighted by molar-refractivity contribution is -0.133. The number of nitriles is 1. The number of rotatable bonds is 6. The Balaban J connectivity index is 1.42. The number of amides is 1. The van der Waals surface area contributed by atoms with Crippen LogP contribution in [0.2, 0.25) is 0 Å². The molecule has 4 rings (SSSR count). The number of anilines is 1. The van der Waals surface area contributed by atoms with Crippen molar-refractivity contribution in [2.75, 3.05) is 44.7 Å². The van der Waals surface area contributed by atoms with Crippen molar-refractivity contribution in [3.8, 4) is 6.07 Å². The van der Waals surface area contributed by atoms with Gasteiger partial charge in [0, 0.05) is 51.5 Å². The van der Waals surface area contributed by atoms with E-state index in [-0.39, 0.29) is 11.9 Å². The van der Waals surface area contributed by atoms with Crippen molar-refractivity contribution in [1.82, 2.24) is 19.8 Å². The summed E-state index contributed by atoms with van der Waals surface area (Å²) in [5.74, 6) is 0.0833. The van der Waals surface area contributed by atoms with Gasteiger partial charge in [-0.05, 0) is 56.3 Å². The lowest BCUT2D eigenvalue weighted by atomic mass is 9.91. The molecule has 0 bridgehead atoms. The Morgan fingerprint density at radius 2 is 1.97 bits per heavy atom. The molecule has 9 heteroatoms. The average molecular weight is 485 g/mol. The van der Waals surface area contributed by atoms with Crippen LogP contribution in [0.1, 0.15) is 38.2 Å². The number of nitrogens with zero attached hydrogens (tertiary/aromatic N) is 6. The molecule has 0 radical (unpaired) electrons. The molecule has 182 valence electrons. The number of carbonyl (C=O) groups is 1. The second-order valence-electron chi connectivity index (χ2n) is 9.87. The van der Waals surface area contributed by atoms with Crippen LogP contribution in [-0.2, 0) is 4.79 Å². The highest BCUT2D eigenvalue weighted by Crippen LogP contribution is 2.31. The normalized spacial score (nSPS) is 23.0. The van der Waals surface area contributed by atoms with Gasteiger partial charge in [-0.3, -0.25) is 14.8 Å². The summed E-state index contributed by atoms with van der Waals surface area (Å²) < 4.78 is 13.2. The van der Waals surface area contributed by atoms with Crippen LogP contribution in [0.15, 0.2) is 24.5 Å². The number of hydrogen-bond acceptors (Lipinski definition) is 6. The summed E-state index contributed by atoms with van der Waals surface area (Å²) in [6.07, 6.45) is 6.68. The molecule has 0 N–H and O–H groups in total. The zero-order chi connectivity index (χ0) is 24.2. The molecule has 2 aromatic rings. The van der Waals surface area contributed by atoms with Crippen molar-refractivity contribution in [3.05, 3.63) is 30.1 Å². The Hall–Kier alpha value is -2.36. The van der Waals surface area contributed by atoms with Gasteiger partial charge in [0.2, 0.25) is 5.91 Å². The molecule has 34 heavy (non-hydrogen) atoms. The summed E-state index contributed by atoms with van der Waals surface area (Å²) in [5.41, 5.74) is 2.84. The maximum Gasteiger partial charge on any atom is 0.222 e. The Bertz CT molecular complexity index is 1050. The maximum atomic E-state index is 13.2. The van der Waals surface area contributed by atoms with E-state index in [2.05, 4.69) is 42.0 Å². The summed E-state index contributed by atoms with van der Waals surface area (Å²) in [4.78, 5) is 28.5. The van der Waals surface area contributed by atoms with Crippen LogP contribution in [0.3, 0.4) is 0 Å². The van der Waals surface area contributed by atoms with Crippen LogP contribution in [0.4, 0.5) is 10.1 Å². The molecule has 2 fully saturated rings. The van der Waals surface area contributed by atoms with Gasteiger partial charge < -0.3 is 14.7 Å². The van der Waals surface area contributed by atoms with Gasteiger partial charge in [-0.25, -0.2) is 4.39 Å². The fourth-order valence-electron chi connectivity index (χ4n) is 5.40. The number of carbonyl (C=O) groups excluding carboxylic acids is 1. The van der Waals surface area contributed by atoms with Crippen molar-refractivity contribution in [1.29, 1.82) is 5.26 Å². The van der Waals surface area contributed by atoms with Gasteiger partial charge in [0.1, 0.15) is 23.0 Å². The van der Waals surface area contributed by atoms with Gasteiger partial charge in [-0.15, -0.1) is 0 Å². The van der Waals surface area contributed by atoms with Crippen LogP contribution < -0.4 is 4.90 Å². The molecule has 2 aliphatic rings. The molecule has 4 atom stereocenters. The predicted molar refractivity (Wildman–Crippen MR) is 135 cm³/mol. The largest absolute Gasteiger partial charge is 0.367 e. The number of aromatic nitrogens is 2. The summed E-state index contributed by atoms with van der Waals surface area (Å²) in [7, 11) is 4.14. The molecule has 0 aliphatic carbocycles. The molecule has 1 amide bonds. The first-order chi connectivity index (χ1) is 16.4. The minimum Gasteiger partial charge on any atom is -0.367 e. The highest BCUT2D eigenvalue weighted by atomic mass is 31.0. The summed E-state index contributed by atoms with van der Waals surface area (Å²) >= 11 is 0. The van der Waals surface area contributed by atoms with Gasteiger partial charge in [0.05, 0.1) is 11.3 Å². The number of likely N-dealkylation sites (tertiary alicyclic amines) is 1. The number of alkyl halides is 1. The standard InChI is InChI=1S/C25H34FN6OP/c1-17-11-20(30(2)23(33)12-18-5-9-31(10-6-18)16-22(26)34)15-32(14-17)21-4-3-19(13-27)24-25(21)29-8-7-28-24/h3-4,7-8,17-18,20,22H,5-6,9-12,14-16,34H2,1-2H3/t17-,20+,22?/m0/s1. The van der Waals surface area contributed by atoms with Crippen LogP contribution in [-0.4, -0.2) is 77.4 Å². The second kappa shape index (κ2) is 10.9. The van der Waals surface area contributed by atoms with E-state index in [4.69, 9.17) is 0 Å². The van der Waals surface area contributed by atoms with Gasteiger partial charge >= 0.3 is 0 Å². The van der Waals surface area contributed by atoms with E-state index in [9.17, 15) is 14.4 Å². The molecule has 3 heterocycles. The third-order valence-corrected chi connectivity index (χ3v) is 7.46. The summed E-state index contributed by atoms with van der Waals surface area (Å²) in [6, 6.07) is 6.08. The molecule has 1 aromatic carbocycles. The number of likely N-dealkylation sites (N-methyl/N-ethyl adjacent to an activating group) is 1. The minimum atomic E-state index is -0.889. The van der Waals surface area contributed by atoms with Crippen molar-refractivity contribution >= 4 is 31.9 Å². The average Bonchev–Trinajstić information content (AvgIpc) is 2.83. The Morgan fingerprint density at radius 1 is 1.26 bits per heavy atom. The van der Waals surface area contributed by atoms with Gasteiger partial charge in [0.15, 0.2) is 0 Å². The lowest BCUT2D eigenvalue weighted by Crippen LogP contribution is -2.51. The second-order valence-corrected chi connectivity index (χ2v) is 10.6. The maximum absolute atomic E-state index is 13.2. The predicted octanol–water partition coefficient (Wildman–Crippen LogP) is 3.45. The lowest BCUT2D eigenvalue weighted by Gasteiger charge is -2.42. The number of fused-ring (bicyclic) bond motifs is 1. The number of halogens is 1. The zero-order valence-corrected chi connectivity index (χ0v) is 21.2. The van der Waals surface area contributed by atoms with Gasteiger partial charge in [-0.1, -0.05) is 16.2 Å². The van der Waals surface area contributed by atoms with Crippen molar-refractivity contribution < 1.29 is 9.18 Å². The number of piperidine rings is 2. The molecule has 2 aliphatic heterocycles. The summed E-state index contributed by atoms with van der Waals surface area (Å²) in [5, 5.41) is 9.45. The number of benzene rings is 1. The molecule has 2 unspecified atom stereocenters. The number of hydrogen-bond donors (Lipinski definition) is 0. The Morgan fingerprint density at radius 3 is 2.65 bits per heavy atom. The molecule has 7 nitrogen and oxygen atoms in total. The fraction of sp³-hybridized carbons (Fsp3) is 0.600. The monoisotopic (exact) mass is 484 g/mol. The van der Waals surface area contributed by atoms with Gasteiger partial charge in [0.25, 0.3) is 0 Å². The quantitative estimate of drug-likeness (QED) is 0.585. The van der Waals surface area contributed by atoms with E-state index >= 15 is 0 Å². The summed E-state index contributed by atoms with van der Waals surface area (Å²) in [6.45, 7) is 5.99. The van der Waals surface area contributed by atoms with Crippen molar-refractivity contribution in [2.45, 2.75) is 44.6 Å². The fourth-order valence-corrected chi connectivity index (χ4v) is 5.70. The third-order valence-electron chi connectivity index (χ3n) is 7.25. The molecular formula is C25H34FN6OP. The van der Waals surface area contributed by atoms with E-state index in [0.29, 0.717) is 35.9 Å². The van der Waals surface area contributed by atoms with Crippen LogP contribution in [0.25, 0.3) is 11.0 Å². The van der Waals surface area contributed by atoms with Crippen LogP contribution in [0.5, 0.6) is 0 Å². The first-order valence-electron chi connectivity index (χ1n) is 12.1. The smallest absolute Gasteiger partial charge is 0.222 e. The SMILES string of the molecule is C[C@H]1C[C@@H](N(C)C(=O)CC2CCN(CC(F)P)CC2)CN(c2ccc(C#N)c3nccnc23)C1. The van der Waals surface area contributed by atoms with Crippen molar-refractivity contribution in [3.63, 3.8) is 0 Å². The van der Waals surface area contributed by atoms with E-state index < -0.39 is 5.91 Å². The van der Waals surface area contributed by atoms with Gasteiger partial charge in [-0.2, -0.15) is 5.26 Å². The Kier molecular flexibility index (Phi) is 7.95. The molecule has 0 saturated carbocycles. The minimum absolute atomic E-state index is 0.114. The molecule has 0 spiro atoms. The highest BCUT2D eigenvalue weighted by Gasteiger charge is 2.32. The zero-order valence-electron chi connectivity index (χ0n) is 20.0. The van der Waals surface area contributed by atoms with E-state index in [1.54, 1.807) is 12.4 Å². The van der Waals surface area contributed by atoms with E-state index in [1.165, 1.54) is 0 Å². The Labute approximate surface area is 203 Å². The van der Waals surface area contributed by atoms with Crippen molar-refractivity contribution in [2.24, 2.45) is 11.8 Å². The first-order valence-corrected chi connectivity index (χ1v) is 12.8. The van der Waals surface area contributed by atoms with E-state index in [1.807, 2.05) is 24.1 Å². The van der Waals surface area contributed by atoms with E-state index in [0.717, 1.165) is 56.6 Å². The van der Waals surface area contributed by atoms with Crippen LogP contribution in [0, 0.1) is 23.2 Å². The molecule has 2 saturated heterocycles. The molecular weight excluding hydrogens is 450 g/mol.